The van der Waals surface area contributed by atoms with Gasteiger partial charge < -0.3 is 10.6 Å². The standard InChI is InChI=1S/C25H34N4O2/c1-5-21-10-6-9-19(3)25(21)27-24(31)17-29-14-12-28(13-15-29)16-23(30)26-22-11-7-8-18(2)20(22)4/h6-11H,5,12-17H2,1-4H3,(H,26,30)(H,27,31). The van der Waals surface area contributed by atoms with Crippen LogP contribution in [0, 0.1) is 20.8 Å². The number of para-hydroxylation sites is 1. The average molecular weight is 423 g/mol. The molecule has 1 heterocycles. The highest BCUT2D eigenvalue weighted by molar-refractivity contribution is 5.94. The molecule has 0 bridgehead atoms. The Kier molecular flexibility index (Phi) is 7.82. The Bertz CT molecular complexity index is 933. The molecule has 31 heavy (non-hydrogen) atoms. The number of piperazine rings is 1. The van der Waals surface area contributed by atoms with Crippen molar-refractivity contribution in [1.29, 1.82) is 0 Å². The van der Waals surface area contributed by atoms with Crippen molar-refractivity contribution < 1.29 is 9.59 Å². The molecular weight excluding hydrogens is 388 g/mol. The zero-order chi connectivity index (χ0) is 22.4. The van der Waals surface area contributed by atoms with E-state index in [2.05, 4.69) is 33.4 Å². The van der Waals surface area contributed by atoms with Crippen molar-refractivity contribution in [3.63, 3.8) is 0 Å². The van der Waals surface area contributed by atoms with Gasteiger partial charge in [-0.25, -0.2) is 0 Å². The predicted octanol–water partition coefficient (Wildman–Crippen LogP) is 3.37. The van der Waals surface area contributed by atoms with Crippen LogP contribution in [0.25, 0.3) is 0 Å². The van der Waals surface area contributed by atoms with E-state index in [0.29, 0.717) is 13.1 Å². The summed E-state index contributed by atoms with van der Waals surface area (Å²) in [7, 11) is 0. The molecule has 166 valence electrons. The summed E-state index contributed by atoms with van der Waals surface area (Å²) >= 11 is 0. The van der Waals surface area contributed by atoms with Gasteiger partial charge in [-0.15, -0.1) is 0 Å². The summed E-state index contributed by atoms with van der Waals surface area (Å²) in [6.45, 7) is 12.0. The lowest BCUT2D eigenvalue weighted by molar-refractivity contribution is -0.120. The molecule has 0 spiro atoms. The van der Waals surface area contributed by atoms with E-state index in [9.17, 15) is 9.59 Å². The summed E-state index contributed by atoms with van der Waals surface area (Å²) in [5.41, 5.74) is 6.34. The highest BCUT2D eigenvalue weighted by Gasteiger charge is 2.21. The maximum Gasteiger partial charge on any atom is 0.238 e. The van der Waals surface area contributed by atoms with Crippen LogP contribution in [0.4, 0.5) is 11.4 Å². The number of benzene rings is 2. The fourth-order valence-corrected chi connectivity index (χ4v) is 3.97. The summed E-state index contributed by atoms with van der Waals surface area (Å²) < 4.78 is 0. The third-order valence-corrected chi connectivity index (χ3v) is 6.08. The molecular formula is C25H34N4O2. The van der Waals surface area contributed by atoms with Crippen LogP contribution in [0.2, 0.25) is 0 Å². The number of anilines is 2. The molecule has 0 unspecified atom stereocenters. The number of amides is 2. The summed E-state index contributed by atoms with van der Waals surface area (Å²) in [5, 5.41) is 6.13. The lowest BCUT2D eigenvalue weighted by atomic mass is 10.1. The molecule has 0 atom stereocenters. The van der Waals surface area contributed by atoms with Gasteiger partial charge >= 0.3 is 0 Å². The molecule has 6 nitrogen and oxygen atoms in total. The van der Waals surface area contributed by atoms with Crippen LogP contribution < -0.4 is 10.6 Å². The van der Waals surface area contributed by atoms with E-state index >= 15 is 0 Å². The van der Waals surface area contributed by atoms with Gasteiger partial charge in [0, 0.05) is 37.6 Å². The van der Waals surface area contributed by atoms with Gasteiger partial charge in [-0.1, -0.05) is 37.3 Å². The Morgan fingerprint density at radius 2 is 1.35 bits per heavy atom. The van der Waals surface area contributed by atoms with Crippen LogP contribution in [0.5, 0.6) is 0 Å². The fourth-order valence-electron chi connectivity index (χ4n) is 3.97. The third kappa shape index (κ3) is 6.15. The molecule has 1 aliphatic rings. The van der Waals surface area contributed by atoms with Gasteiger partial charge in [0.1, 0.15) is 0 Å². The molecule has 3 rings (SSSR count). The van der Waals surface area contributed by atoms with Gasteiger partial charge in [-0.05, 0) is 55.5 Å². The van der Waals surface area contributed by atoms with E-state index in [-0.39, 0.29) is 11.8 Å². The predicted molar refractivity (Wildman–Crippen MR) is 127 cm³/mol. The largest absolute Gasteiger partial charge is 0.325 e. The third-order valence-electron chi connectivity index (χ3n) is 6.08. The molecule has 0 saturated carbocycles. The van der Waals surface area contributed by atoms with Crippen molar-refractivity contribution in [2.24, 2.45) is 0 Å². The van der Waals surface area contributed by atoms with Gasteiger partial charge in [0.25, 0.3) is 0 Å². The van der Waals surface area contributed by atoms with Crippen molar-refractivity contribution in [3.05, 3.63) is 58.7 Å². The minimum atomic E-state index is 0.00606. The van der Waals surface area contributed by atoms with Crippen molar-refractivity contribution >= 4 is 23.2 Å². The zero-order valence-electron chi connectivity index (χ0n) is 19.1. The van der Waals surface area contributed by atoms with Crippen molar-refractivity contribution in [3.8, 4) is 0 Å². The lowest BCUT2D eigenvalue weighted by Gasteiger charge is -2.34. The number of hydrogen-bond donors (Lipinski definition) is 2. The van der Waals surface area contributed by atoms with Crippen LogP contribution in [0.3, 0.4) is 0 Å². The lowest BCUT2D eigenvalue weighted by Crippen LogP contribution is -2.50. The van der Waals surface area contributed by atoms with Gasteiger partial charge in [-0.3, -0.25) is 19.4 Å². The molecule has 2 amide bonds. The van der Waals surface area contributed by atoms with E-state index in [0.717, 1.165) is 60.7 Å². The molecule has 2 N–H and O–H groups in total. The summed E-state index contributed by atoms with van der Waals surface area (Å²) in [4.78, 5) is 29.4. The number of nitrogens with one attached hydrogen (secondary N) is 2. The second-order valence-electron chi connectivity index (χ2n) is 8.36. The van der Waals surface area contributed by atoms with Gasteiger partial charge in [0.2, 0.25) is 11.8 Å². The SMILES string of the molecule is CCc1cccc(C)c1NC(=O)CN1CCN(CC(=O)Nc2cccc(C)c2C)CC1. The van der Waals surface area contributed by atoms with Crippen LogP contribution in [0.1, 0.15) is 29.2 Å². The maximum absolute atomic E-state index is 12.6. The van der Waals surface area contributed by atoms with E-state index in [1.54, 1.807) is 0 Å². The molecule has 2 aromatic rings. The Morgan fingerprint density at radius 1 is 0.806 bits per heavy atom. The van der Waals surface area contributed by atoms with Crippen LogP contribution in [0.15, 0.2) is 36.4 Å². The van der Waals surface area contributed by atoms with E-state index in [1.807, 2.05) is 51.1 Å². The molecule has 6 heteroatoms. The van der Waals surface area contributed by atoms with Gasteiger partial charge in [0.15, 0.2) is 0 Å². The molecule has 2 aromatic carbocycles. The Morgan fingerprint density at radius 3 is 1.97 bits per heavy atom. The summed E-state index contributed by atoms with van der Waals surface area (Å²) in [6.07, 6.45) is 0.889. The van der Waals surface area contributed by atoms with E-state index in [1.165, 1.54) is 5.56 Å². The normalized spacial score (nSPS) is 15.0. The van der Waals surface area contributed by atoms with E-state index in [4.69, 9.17) is 0 Å². The molecule has 0 aliphatic carbocycles. The first-order chi connectivity index (χ1) is 14.9. The number of nitrogens with zero attached hydrogens (tertiary/aromatic N) is 2. The number of hydrogen-bond acceptors (Lipinski definition) is 4. The second kappa shape index (κ2) is 10.6. The fraction of sp³-hybridized carbons (Fsp3) is 0.440. The number of carbonyl (C=O) groups is 2. The van der Waals surface area contributed by atoms with Gasteiger partial charge in [0.05, 0.1) is 13.1 Å². The summed E-state index contributed by atoms with van der Waals surface area (Å²) in [6, 6.07) is 12.1. The quantitative estimate of drug-likeness (QED) is 0.718. The Labute approximate surface area is 185 Å². The number of rotatable bonds is 7. The maximum atomic E-state index is 12.6. The molecule has 1 saturated heterocycles. The Balaban J connectivity index is 1.45. The van der Waals surface area contributed by atoms with Crippen LogP contribution >= 0.6 is 0 Å². The molecule has 1 fully saturated rings. The molecule has 0 aromatic heterocycles. The highest BCUT2D eigenvalue weighted by atomic mass is 16.2. The van der Waals surface area contributed by atoms with Gasteiger partial charge in [-0.2, -0.15) is 0 Å². The summed E-state index contributed by atoms with van der Waals surface area (Å²) in [5.74, 6) is 0.0247. The van der Waals surface area contributed by atoms with E-state index < -0.39 is 0 Å². The monoisotopic (exact) mass is 422 g/mol. The Hall–Kier alpha value is -2.70. The first-order valence-electron chi connectivity index (χ1n) is 11.1. The first-order valence-corrected chi connectivity index (χ1v) is 11.1. The van der Waals surface area contributed by atoms with Crippen molar-refractivity contribution in [2.45, 2.75) is 34.1 Å². The topological polar surface area (TPSA) is 64.7 Å². The van der Waals surface area contributed by atoms with Crippen LogP contribution in [-0.2, 0) is 16.0 Å². The second-order valence-corrected chi connectivity index (χ2v) is 8.36. The number of carbonyl (C=O) groups excluding carboxylic acids is 2. The first kappa shape index (κ1) is 23.0. The zero-order valence-corrected chi connectivity index (χ0v) is 19.1. The smallest absolute Gasteiger partial charge is 0.238 e. The minimum Gasteiger partial charge on any atom is -0.325 e. The number of aryl methyl sites for hydroxylation is 3. The van der Waals surface area contributed by atoms with Crippen molar-refractivity contribution in [2.75, 3.05) is 49.9 Å². The minimum absolute atomic E-state index is 0.00606. The molecule has 0 radical (unpaired) electrons. The van der Waals surface area contributed by atoms with Crippen LogP contribution in [-0.4, -0.2) is 60.9 Å². The van der Waals surface area contributed by atoms with Crippen molar-refractivity contribution in [1.82, 2.24) is 9.80 Å². The molecule has 1 aliphatic heterocycles. The average Bonchev–Trinajstić information content (AvgIpc) is 2.74. The highest BCUT2D eigenvalue weighted by Crippen LogP contribution is 2.21.